The molecule has 0 unspecified atom stereocenters. The molecule has 0 aliphatic carbocycles. The lowest BCUT2D eigenvalue weighted by molar-refractivity contribution is -0.113. The normalized spacial score (nSPS) is 10.8. The molecule has 3 heterocycles. The molecule has 0 saturated carbocycles. The number of pyridine rings is 1. The number of hydrogen-bond donors (Lipinski definition) is 1. The van der Waals surface area contributed by atoms with Gasteiger partial charge >= 0.3 is 0 Å². The fourth-order valence-electron chi connectivity index (χ4n) is 2.66. The SMILES string of the molecule is C=CCn1c(SCC(=O)Nc2c(C)nn(C)c2C)nnc1-c1ccncc1. The maximum atomic E-state index is 12.4. The molecule has 27 heavy (non-hydrogen) atoms. The highest BCUT2D eigenvalue weighted by molar-refractivity contribution is 7.99. The van der Waals surface area contributed by atoms with Crippen molar-refractivity contribution in [2.75, 3.05) is 11.1 Å². The van der Waals surface area contributed by atoms with Gasteiger partial charge in [0.05, 0.1) is 22.8 Å². The lowest BCUT2D eigenvalue weighted by atomic mass is 10.2. The van der Waals surface area contributed by atoms with Gasteiger partial charge in [-0.05, 0) is 26.0 Å². The molecule has 0 saturated heterocycles. The van der Waals surface area contributed by atoms with Crippen LogP contribution in [0.4, 0.5) is 5.69 Å². The molecule has 0 aromatic carbocycles. The van der Waals surface area contributed by atoms with Crippen LogP contribution in [0.2, 0.25) is 0 Å². The Morgan fingerprint density at radius 2 is 2.04 bits per heavy atom. The Labute approximate surface area is 161 Å². The van der Waals surface area contributed by atoms with Gasteiger partial charge in [0, 0.05) is 31.5 Å². The third-order valence-corrected chi connectivity index (χ3v) is 5.04. The summed E-state index contributed by atoms with van der Waals surface area (Å²) in [5, 5.41) is 16.4. The van der Waals surface area contributed by atoms with Gasteiger partial charge in [-0.2, -0.15) is 5.10 Å². The van der Waals surface area contributed by atoms with Crippen molar-refractivity contribution in [3.8, 4) is 11.4 Å². The number of amides is 1. The highest BCUT2D eigenvalue weighted by Gasteiger charge is 2.16. The Balaban J connectivity index is 1.73. The topological polar surface area (TPSA) is 90.5 Å². The van der Waals surface area contributed by atoms with Crippen LogP contribution in [0.3, 0.4) is 0 Å². The Bertz CT molecular complexity index is 962. The summed E-state index contributed by atoms with van der Waals surface area (Å²) in [5.74, 6) is 0.830. The third-order valence-electron chi connectivity index (χ3n) is 4.07. The van der Waals surface area contributed by atoms with E-state index in [1.807, 2.05) is 37.6 Å². The number of anilines is 1. The van der Waals surface area contributed by atoms with Crippen molar-refractivity contribution in [1.29, 1.82) is 0 Å². The molecule has 0 aliphatic heterocycles. The highest BCUT2D eigenvalue weighted by Crippen LogP contribution is 2.24. The number of rotatable bonds is 7. The summed E-state index contributed by atoms with van der Waals surface area (Å²) in [4.78, 5) is 16.4. The van der Waals surface area contributed by atoms with E-state index in [4.69, 9.17) is 0 Å². The average Bonchev–Trinajstić information content (AvgIpc) is 3.17. The molecule has 0 spiro atoms. The maximum absolute atomic E-state index is 12.4. The second-order valence-electron chi connectivity index (χ2n) is 5.95. The zero-order valence-corrected chi connectivity index (χ0v) is 16.3. The maximum Gasteiger partial charge on any atom is 0.234 e. The van der Waals surface area contributed by atoms with Crippen molar-refractivity contribution >= 4 is 23.4 Å². The second kappa shape index (κ2) is 8.17. The molecule has 0 radical (unpaired) electrons. The predicted molar refractivity (Wildman–Crippen MR) is 105 cm³/mol. The molecule has 0 aliphatic rings. The molecule has 140 valence electrons. The Morgan fingerprint density at radius 1 is 1.30 bits per heavy atom. The first-order chi connectivity index (χ1) is 13.0. The Hall–Kier alpha value is -2.94. The van der Waals surface area contributed by atoms with E-state index in [1.54, 1.807) is 23.2 Å². The first-order valence-electron chi connectivity index (χ1n) is 8.38. The number of aromatic nitrogens is 6. The Kier molecular flexibility index (Phi) is 5.70. The van der Waals surface area contributed by atoms with Crippen LogP contribution in [-0.4, -0.2) is 41.2 Å². The van der Waals surface area contributed by atoms with E-state index >= 15 is 0 Å². The van der Waals surface area contributed by atoms with Crippen LogP contribution in [0.5, 0.6) is 0 Å². The van der Waals surface area contributed by atoms with Gasteiger partial charge in [0.15, 0.2) is 11.0 Å². The van der Waals surface area contributed by atoms with Crippen LogP contribution in [0, 0.1) is 13.8 Å². The van der Waals surface area contributed by atoms with Crippen LogP contribution in [0.15, 0.2) is 42.3 Å². The Morgan fingerprint density at radius 3 is 2.67 bits per heavy atom. The van der Waals surface area contributed by atoms with E-state index in [2.05, 4.69) is 32.2 Å². The van der Waals surface area contributed by atoms with Gasteiger partial charge in [-0.15, -0.1) is 16.8 Å². The number of thioether (sulfide) groups is 1. The minimum absolute atomic E-state index is 0.113. The molecule has 0 atom stereocenters. The van der Waals surface area contributed by atoms with Gasteiger partial charge in [0.25, 0.3) is 0 Å². The van der Waals surface area contributed by atoms with E-state index < -0.39 is 0 Å². The van der Waals surface area contributed by atoms with E-state index in [1.165, 1.54) is 11.8 Å². The van der Waals surface area contributed by atoms with Crippen LogP contribution in [-0.2, 0) is 18.4 Å². The number of hydrogen-bond acceptors (Lipinski definition) is 6. The smallest absolute Gasteiger partial charge is 0.234 e. The summed E-state index contributed by atoms with van der Waals surface area (Å²) in [6, 6.07) is 3.75. The standard InChI is InChI=1S/C18H21N7OS/c1-5-10-25-17(14-6-8-19-9-7-14)21-22-18(25)27-11-15(26)20-16-12(2)23-24(4)13(16)3/h5-9H,1,10-11H2,2-4H3,(H,20,26). The average molecular weight is 383 g/mol. The first-order valence-corrected chi connectivity index (χ1v) is 9.37. The van der Waals surface area contributed by atoms with Crippen molar-refractivity contribution in [2.45, 2.75) is 25.5 Å². The number of nitrogens with one attached hydrogen (secondary N) is 1. The van der Waals surface area contributed by atoms with Gasteiger partial charge in [0.2, 0.25) is 5.91 Å². The number of nitrogens with zero attached hydrogens (tertiary/aromatic N) is 6. The fraction of sp³-hybridized carbons (Fsp3) is 0.278. The van der Waals surface area contributed by atoms with Crippen LogP contribution in [0.25, 0.3) is 11.4 Å². The van der Waals surface area contributed by atoms with Crippen LogP contribution in [0.1, 0.15) is 11.4 Å². The summed E-state index contributed by atoms with van der Waals surface area (Å²) >= 11 is 1.34. The quantitative estimate of drug-likeness (QED) is 0.498. The minimum atomic E-state index is -0.113. The molecular formula is C18H21N7OS. The highest BCUT2D eigenvalue weighted by atomic mass is 32.2. The first kappa shape index (κ1) is 18.8. The summed E-state index contributed by atoms with van der Waals surface area (Å²) in [6.07, 6.45) is 5.20. The van der Waals surface area contributed by atoms with Crippen LogP contribution < -0.4 is 5.32 Å². The third kappa shape index (κ3) is 4.08. The van der Waals surface area contributed by atoms with Gasteiger partial charge in [-0.25, -0.2) is 0 Å². The monoisotopic (exact) mass is 383 g/mol. The van der Waals surface area contributed by atoms with Crippen LogP contribution >= 0.6 is 11.8 Å². The summed E-state index contributed by atoms with van der Waals surface area (Å²) in [5.41, 5.74) is 3.38. The van der Waals surface area contributed by atoms with E-state index in [0.717, 1.165) is 28.5 Å². The van der Waals surface area contributed by atoms with E-state index in [-0.39, 0.29) is 11.7 Å². The van der Waals surface area contributed by atoms with Crippen molar-refractivity contribution < 1.29 is 4.79 Å². The zero-order chi connectivity index (χ0) is 19.4. The molecular weight excluding hydrogens is 362 g/mol. The molecule has 8 nitrogen and oxygen atoms in total. The van der Waals surface area contributed by atoms with Gasteiger partial charge in [-0.1, -0.05) is 17.8 Å². The van der Waals surface area contributed by atoms with E-state index in [9.17, 15) is 4.79 Å². The molecule has 1 N–H and O–H groups in total. The van der Waals surface area contributed by atoms with Gasteiger partial charge in [0.1, 0.15) is 0 Å². The number of aryl methyl sites for hydroxylation is 2. The zero-order valence-electron chi connectivity index (χ0n) is 15.5. The molecule has 3 aromatic rings. The van der Waals surface area contributed by atoms with Crippen molar-refractivity contribution in [3.05, 3.63) is 48.6 Å². The fourth-order valence-corrected chi connectivity index (χ4v) is 3.41. The second-order valence-corrected chi connectivity index (χ2v) is 6.89. The van der Waals surface area contributed by atoms with Crippen molar-refractivity contribution in [3.63, 3.8) is 0 Å². The summed E-state index contributed by atoms with van der Waals surface area (Å²) in [7, 11) is 1.85. The number of carbonyl (C=O) groups is 1. The molecule has 0 bridgehead atoms. The largest absolute Gasteiger partial charge is 0.322 e. The lowest BCUT2D eigenvalue weighted by Gasteiger charge is -2.08. The summed E-state index contributed by atoms with van der Waals surface area (Å²) in [6.45, 7) is 8.14. The summed E-state index contributed by atoms with van der Waals surface area (Å²) < 4.78 is 3.68. The van der Waals surface area contributed by atoms with Crippen molar-refractivity contribution in [1.82, 2.24) is 29.5 Å². The molecule has 1 amide bonds. The lowest BCUT2D eigenvalue weighted by Crippen LogP contribution is -2.15. The predicted octanol–water partition coefficient (Wildman–Crippen LogP) is 2.61. The molecule has 3 rings (SSSR count). The molecule has 0 fully saturated rings. The van der Waals surface area contributed by atoms with Crippen molar-refractivity contribution in [2.24, 2.45) is 7.05 Å². The van der Waals surface area contributed by atoms with Gasteiger partial charge < -0.3 is 5.32 Å². The number of carbonyl (C=O) groups excluding carboxylic acids is 1. The van der Waals surface area contributed by atoms with E-state index in [0.29, 0.717) is 11.7 Å². The molecule has 3 aromatic heterocycles. The molecule has 9 heteroatoms. The van der Waals surface area contributed by atoms with Gasteiger partial charge in [-0.3, -0.25) is 19.0 Å². The minimum Gasteiger partial charge on any atom is -0.322 e. The number of allylic oxidation sites excluding steroid dienone is 1.